The number of nitrogens with zero attached hydrogens (tertiary/aromatic N) is 1. The first-order valence-corrected chi connectivity index (χ1v) is 6.14. The van der Waals surface area contributed by atoms with Crippen LogP contribution in [0.1, 0.15) is 16.7 Å². The van der Waals surface area contributed by atoms with Crippen LogP contribution in [-0.2, 0) is 6.54 Å². The molecule has 5 heteroatoms. The molecule has 0 aliphatic heterocycles. The zero-order valence-electron chi connectivity index (χ0n) is 10.4. The van der Waals surface area contributed by atoms with Gasteiger partial charge in [0.25, 0.3) is 5.56 Å². The Morgan fingerprint density at radius 1 is 1.42 bits per heavy atom. The highest BCUT2D eigenvalue weighted by molar-refractivity contribution is 7.80. The van der Waals surface area contributed by atoms with E-state index in [9.17, 15) is 9.18 Å². The molecule has 0 fully saturated rings. The summed E-state index contributed by atoms with van der Waals surface area (Å²) in [6.07, 6.45) is 1.66. The third-order valence-electron chi connectivity index (χ3n) is 2.88. The number of rotatable bonds is 3. The second-order valence-corrected chi connectivity index (χ2v) is 4.73. The molecule has 0 unspecified atom stereocenters. The van der Waals surface area contributed by atoms with Gasteiger partial charge in [0.05, 0.1) is 6.54 Å². The number of thiocarbonyl (C=S) groups is 1. The molecule has 3 nitrogen and oxygen atoms in total. The maximum Gasteiger partial charge on any atom is 0.253 e. The average Bonchev–Trinajstić information content (AvgIpc) is 2.35. The Morgan fingerprint density at radius 2 is 2.16 bits per heavy atom. The summed E-state index contributed by atoms with van der Waals surface area (Å²) in [6.45, 7) is 1.98. The lowest BCUT2D eigenvalue weighted by molar-refractivity contribution is 0.622. The molecule has 98 valence electrons. The average molecular weight is 276 g/mol. The molecule has 0 spiro atoms. The number of aryl methyl sites for hydroxylation is 1. The molecule has 2 N–H and O–H groups in total. The molecule has 1 aromatic carbocycles. The van der Waals surface area contributed by atoms with Crippen LogP contribution in [-0.4, -0.2) is 9.56 Å². The van der Waals surface area contributed by atoms with Crippen molar-refractivity contribution in [2.24, 2.45) is 5.73 Å². The lowest BCUT2D eigenvalue weighted by Crippen LogP contribution is -2.23. The van der Waals surface area contributed by atoms with Crippen molar-refractivity contribution in [3.8, 4) is 0 Å². The van der Waals surface area contributed by atoms with Crippen LogP contribution < -0.4 is 11.3 Å². The van der Waals surface area contributed by atoms with E-state index in [0.717, 1.165) is 0 Å². The van der Waals surface area contributed by atoms with Crippen molar-refractivity contribution in [3.05, 3.63) is 69.4 Å². The Bertz CT molecular complexity index is 694. The normalized spacial score (nSPS) is 10.4. The number of halogens is 1. The molecule has 0 radical (unpaired) electrons. The summed E-state index contributed by atoms with van der Waals surface area (Å²) >= 11 is 4.94. The standard InChI is InChI=1S/C14H13FN2OS/c1-9-3-2-6-17(14(9)18)8-10-7-11(15)4-5-12(10)13(16)19/h2-7H,8H2,1H3,(H2,16,19). The fourth-order valence-corrected chi connectivity index (χ4v) is 2.10. The van der Waals surface area contributed by atoms with Crippen molar-refractivity contribution >= 4 is 17.2 Å². The largest absolute Gasteiger partial charge is 0.389 e. The van der Waals surface area contributed by atoms with Gasteiger partial charge in [-0.1, -0.05) is 18.3 Å². The minimum Gasteiger partial charge on any atom is -0.389 e. The molecule has 1 heterocycles. The SMILES string of the molecule is Cc1cccn(Cc2cc(F)ccc2C(N)=S)c1=O. The molecule has 0 atom stereocenters. The van der Waals surface area contributed by atoms with Gasteiger partial charge in [-0.3, -0.25) is 4.79 Å². The third kappa shape index (κ3) is 2.88. The van der Waals surface area contributed by atoms with Crippen molar-refractivity contribution < 1.29 is 4.39 Å². The Hall–Kier alpha value is -2.01. The molecular weight excluding hydrogens is 263 g/mol. The molecule has 0 saturated heterocycles. The van der Waals surface area contributed by atoms with Gasteiger partial charge in [-0.25, -0.2) is 4.39 Å². The number of hydrogen-bond acceptors (Lipinski definition) is 2. The molecule has 2 aromatic rings. The second-order valence-electron chi connectivity index (χ2n) is 4.29. The van der Waals surface area contributed by atoms with E-state index in [-0.39, 0.29) is 22.9 Å². The molecule has 0 aliphatic carbocycles. The second kappa shape index (κ2) is 5.32. The predicted octanol–water partition coefficient (Wildman–Crippen LogP) is 1.98. The van der Waals surface area contributed by atoms with E-state index in [1.807, 2.05) is 0 Å². The Kier molecular flexibility index (Phi) is 3.76. The first kappa shape index (κ1) is 13.4. The van der Waals surface area contributed by atoms with Gasteiger partial charge < -0.3 is 10.3 Å². The summed E-state index contributed by atoms with van der Waals surface area (Å²) in [5, 5.41) is 0. The summed E-state index contributed by atoms with van der Waals surface area (Å²) in [6, 6.07) is 7.70. The number of hydrogen-bond donors (Lipinski definition) is 1. The predicted molar refractivity (Wildman–Crippen MR) is 76.8 cm³/mol. The lowest BCUT2D eigenvalue weighted by atomic mass is 10.1. The van der Waals surface area contributed by atoms with Crippen molar-refractivity contribution in [3.63, 3.8) is 0 Å². The fraction of sp³-hybridized carbons (Fsp3) is 0.143. The zero-order chi connectivity index (χ0) is 14.0. The number of nitrogens with two attached hydrogens (primary N) is 1. The summed E-state index contributed by atoms with van der Waals surface area (Å²) in [4.78, 5) is 12.1. The minimum atomic E-state index is -0.379. The topological polar surface area (TPSA) is 48.0 Å². The number of benzene rings is 1. The monoisotopic (exact) mass is 276 g/mol. The van der Waals surface area contributed by atoms with E-state index in [1.54, 1.807) is 25.3 Å². The maximum atomic E-state index is 13.3. The van der Waals surface area contributed by atoms with E-state index >= 15 is 0 Å². The van der Waals surface area contributed by atoms with Crippen LogP contribution >= 0.6 is 12.2 Å². The van der Waals surface area contributed by atoms with Gasteiger partial charge in [-0.15, -0.1) is 0 Å². The van der Waals surface area contributed by atoms with Gasteiger partial charge in [0, 0.05) is 17.3 Å². The molecule has 1 aromatic heterocycles. The molecule has 0 aliphatic rings. The van der Waals surface area contributed by atoms with E-state index in [1.165, 1.54) is 22.8 Å². The van der Waals surface area contributed by atoms with Crippen molar-refractivity contribution in [1.29, 1.82) is 0 Å². The summed E-state index contributed by atoms with van der Waals surface area (Å²) in [7, 11) is 0. The van der Waals surface area contributed by atoms with Crippen LogP contribution in [0.15, 0.2) is 41.3 Å². The Labute approximate surface area is 115 Å². The van der Waals surface area contributed by atoms with Gasteiger partial charge in [0.2, 0.25) is 0 Å². The van der Waals surface area contributed by atoms with Gasteiger partial charge in [-0.2, -0.15) is 0 Å². The van der Waals surface area contributed by atoms with Gasteiger partial charge in [0.1, 0.15) is 10.8 Å². The third-order valence-corrected chi connectivity index (χ3v) is 3.10. The van der Waals surface area contributed by atoms with Crippen LogP contribution in [0.5, 0.6) is 0 Å². The van der Waals surface area contributed by atoms with Gasteiger partial charge in [-0.05, 0) is 36.8 Å². The summed E-state index contributed by atoms with van der Waals surface area (Å²) in [5.41, 5.74) is 7.32. The van der Waals surface area contributed by atoms with E-state index in [0.29, 0.717) is 16.7 Å². The number of aromatic nitrogens is 1. The molecule has 2 rings (SSSR count). The minimum absolute atomic E-state index is 0.111. The van der Waals surface area contributed by atoms with Crippen LogP contribution in [0.4, 0.5) is 4.39 Å². The Morgan fingerprint density at radius 3 is 2.84 bits per heavy atom. The van der Waals surface area contributed by atoms with Gasteiger partial charge >= 0.3 is 0 Å². The van der Waals surface area contributed by atoms with Crippen LogP contribution in [0.25, 0.3) is 0 Å². The van der Waals surface area contributed by atoms with Crippen molar-refractivity contribution in [2.45, 2.75) is 13.5 Å². The van der Waals surface area contributed by atoms with E-state index < -0.39 is 0 Å². The smallest absolute Gasteiger partial charge is 0.253 e. The molecule has 0 bridgehead atoms. The highest BCUT2D eigenvalue weighted by Crippen LogP contribution is 2.12. The van der Waals surface area contributed by atoms with E-state index in [4.69, 9.17) is 18.0 Å². The quantitative estimate of drug-likeness (QED) is 0.872. The van der Waals surface area contributed by atoms with Crippen LogP contribution in [0, 0.1) is 12.7 Å². The molecule has 0 saturated carbocycles. The Balaban J connectivity index is 2.48. The molecule has 19 heavy (non-hydrogen) atoms. The lowest BCUT2D eigenvalue weighted by Gasteiger charge is -2.11. The van der Waals surface area contributed by atoms with Crippen LogP contribution in [0.2, 0.25) is 0 Å². The van der Waals surface area contributed by atoms with Gasteiger partial charge in [0.15, 0.2) is 0 Å². The van der Waals surface area contributed by atoms with Crippen LogP contribution in [0.3, 0.4) is 0 Å². The van der Waals surface area contributed by atoms with Crippen molar-refractivity contribution in [2.75, 3.05) is 0 Å². The van der Waals surface area contributed by atoms with Crippen molar-refractivity contribution in [1.82, 2.24) is 4.57 Å². The highest BCUT2D eigenvalue weighted by atomic mass is 32.1. The first-order valence-electron chi connectivity index (χ1n) is 5.73. The zero-order valence-corrected chi connectivity index (χ0v) is 11.2. The first-order chi connectivity index (χ1) is 8.99. The molecular formula is C14H13FN2OS. The molecule has 0 amide bonds. The summed E-state index contributed by atoms with van der Waals surface area (Å²) < 4.78 is 14.8. The van der Waals surface area contributed by atoms with E-state index in [2.05, 4.69) is 0 Å². The maximum absolute atomic E-state index is 13.3. The summed E-state index contributed by atoms with van der Waals surface area (Å²) in [5.74, 6) is -0.379. The highest BCUT2D eigenvalue weighted by Gasteiger charge is 2.08. The fourth-order valence-electron chi connectivity index (χ4n) is 1.90. The number of pyridine rings is 1.